The van der Waals surface area contributed by atoms with Gasteiger partial charge in [-0.2, -0.15) is 5.10 Å². The minimum Gasteiger partial charge on any atom is -0.497 e. The summed E-state index contributed by atoms with van der Waals surface area (Å²) in [6.45, 7) is 8.13. The lowest BCUT2D eigenvalue weighted by Crippen LogP contribution is -2.49. The van der Waals surface area contributed by atoms with Crippen LogP contribution in [0.4, 0.5) is 0 Å². The summed E-state index contributed by atoms with van der Waals surface area (Å²) in [4.78, 5) is 17.5. The molecule has 0 spiro atoms. The van der Waals surface area contributed by atoms with Crippen molar-refractivity contribution >= 4 is 5.91 Å². The number of hydrogen-bond donors (Lipinski definition) is 0. The van der Waals surface area contributed by atoms with E-state index >= 15 is 0 Å². The normalized spacial score (nSPS) is 15.6. The number of rotatable bonds is 6. The molecule has 1 atom stereocenters. The number of piperazine rings is 1. The largest absolute Gasteiger partial charge is 0.497 e. The summed E-state index contributed by atoms with van der Waals surface area (Å²) in [5.41, 5.74) is 3.80. The molecule has 6 nitrogen and oxygen atoms in total. The van der Waals surface area contributed by atoms with E-state index in [9.17, 15) is 4.79 Å². The summed E-state index contributed by atoms with van der Waals surface area (Å²) >= 11 is 0. The smallest absolute Gasteiger partial charge is 0.274 e. The summed E-state index contributed by atoms with van der Waals surface area (Å²) < 4.78 is 7.14. The Morgan fingerprint density at radius 2 is 1.71 bits per heavy atom. The molecular weight excluding hydrogens is 388 g/mol. The number of carbonyl (C=O) groups excluding carboxylic acids is 1. The summed E-state index contributed by atoms with van der Waals surface area (Å²) in [5, 5.41) is 4.61. The first-order chi connectivity index (χ1) is 15.1. The minimum absolute atomic E-state index is 0.00831. The maximum atomic E-state index is 13.2. The molecule has 3 aromatic rings. The number of benzene rings is 2. The maximum Gasteiger partial charge on any atom is 0.274 e. The fourth-order valence-corrected chi connectivity index (χ4v) is 4.17. The van der Waals surface area contributed by atoms with Crippen LogP contribution in [0.5, 0.6) is 5.75 Å². The van der Waals surface area contributed by atoms with Gasteiger partial charge in [0.25, 0.3) is 5.91 Å². The fourth-order valence-electron chi connectivity index (χ4n) is 4.17. The van der Waals surface area contributed by atoms with Crippen molar-refractivity contribution in [2.45, 2.75) is 26.4 Å². The number of aromatic nitrogens is 2. The number of ether oxygens (including phenoxy) is 1. The van der Waals surface area contributed by atoms with Gasteiger partial charge in [0, 0.05) is 44.3 Å². The predicted octanol–water partition coefficient (Wildman–Crippen LogP) is 4.10. The average molecular weight is 419 g/mol. The zero-order valence-corrected chi connectivity index (χ0v) is 18.5. The highest BCUT2D eigenvalue weighted by Gasteiger charge is 2.27. The van der Waals surface area contributed by atoms with E-state index in [4.69, 9.17) is 4.74 Å². The molecule has 0 bridgehead atoms. The van der Waals surface area contributed by atoms with Gasteiger partial charge in [0.1, 0.15) is 5.75 Å². The lowest BCUT2D eigenvalue weighted by Gasteiger charge is -2.38. The number of carbonyl (C=O) groups is 1. The van der Waals surface area contributed by atoms with E-state index in [1.165, 1.54) is 5.56 Å². The van der Waals surface area contributed by atoms with E-state index in [-0.39, 0.29) is 5.91 Å². The van der Waals surface area contributed by atoms with Gasteiger partial charge in [0.05, 0.1) is 12.8 Å². The molecule has 162 valence electrons. The highest BCUT2D eigenvalue weighted by molar-refractivity contribution is 5.93. The first-order valence-corrected chi connectivity index (χ1v) is 10.9. The summed E-state index contributed by atoms with van der Waals surface area (Å²) in [6.07, 6.45) is 0. The third kappa shape index (κ3) is 4.49. The fraction of sp³-hybridized carbons (Fsp3) is 0.360. The summed E-state index contributed by atoms with van der Waals surface area (Å²) in [7, 11) is 1.66. The van der Waals surface area contributed by atoms with E-state index in [2.05, 4.69) is 41.2 Å². The van der Waals surface area contributed by atoms with Crippen molar-refractivity contribution in [2.75, 3.05) is 33.3 Å². The molecule has 1 amide bonds. The molecule has 6 heteroatoms. The Kier molecular flexibility index (Phi) is 6.37. The van der Waals surface area contributed by atoms with Crippen LogP contribution in [-0.2, 0) is 6.54 Å². The van der Waals surface area contributed by atoms with Crippen molar-refractivity contribution in [3.63, 3.8) is 0 Å². The Morgan fingerprint density at radius 3 is 2.32 bits per heavy atom. The maximum absolute atomic E-state index is 13.2. The SMILES string of the molecule is CCn1nc(C(=O)N2CCN(C(C)c3ccccc3)CC2)cc1-c1ccc(OC)cc1. The molecular formula is C25H30N4O2. The van der Waals surface area contributed by atoms with E-state index in [1.807, 2.05) is 52.9 Å². The lowest BCUT2D eigenvalue weighted by molar-refractivity contribution is 0.0576. The molecule has 1 saturated heterocycles. The molecule has 31 heavy (non-hydrogen) atoms. The molecule has 0 saturated carbocycles. The van der Waals surface area contributed by atoms with E-state index in [0.29, 0.717) is 31.4 Å². The Bertz CT molecular complexity index is 1010. The second-order valence-corrected chi connectivity index (χ2v) is 7.87. The van der Waals surface area contributed by atoms with E-state index < -0.39 is 0 Å². The highest BCUT2D eigenvalue weighted by Crippen LogP contribution is 2.25. The topological polar surface area (TPSA) is 50.6 Å². The molecule has 0 N–H and O–H groups in total. The number of nitrogens with zero attached hydrogens (tertiary/aromatic N) is 4. The third-order valence-corrected chi connectivity index (χ3v) is 6.12. The van der Waals surface area contributed by atoms with Gasteiger partial charge in [-0.3, -0.25) is 14.4 Å². The molecule has 4 rings (SSSR count). The number of amides is 1. The van der Waals surface area contributed by atoms with Gasteiger partial charge >= 0.3 is 0 Å². The van der Waals surface area contributed by atoms with Crippen LogP contribution in [0, 0.1) is 0 Å². The second-order valence-electron chi connectivity index (χ2n) is 7.87. The summed E-state index contributed by atoms with van der Waals surface area (Å²) in [6, 6.07) is 20.6. The Labute approximate surface area is 184 Å². The van der Waals surface area contributed by atoms with Gasteiger partial charge in [-0.25, -0.2) is 0 Å². The van der Waals surface area contributed by atoms with Crippen molar-refractivity contribution in [3.8, 4) is 17.0 Å². The van der Waals surface area contributed by atoms with Gasteiger partial charge in [-0.15, -0.1) is 0 Å². The molecule has 0 aliphatic carbocycles. The van der Waals surface area contributed by atoms with Gasteiger partial charge in [0.2, 0.25) is 0 Å². The monoisotopic (exact) mass is 418 g/mol. The third-order valence-electron chi connectivity index (χ3n) is 6.12. The Morgan fingerprint density at radius 1 is 1.03 bits per heavy atom. The average Bonchev–Trinajstić information content (AvgIpc) is 3.28. The predicted molar refractivity (Wildman–Crippen MR) is 122 cm³/mol. The second kappa shape index (κ2) is 9.35. The molecule has 1 fully saturated rings. The Hall–Kier alpha value is -3.12. The number of aryl methyl sites for hydroxylation is 1. The molecule has 1 aliphatic heterocycles. The molecule has 1 unspecified atom stereocenters. The van der Waals surface area contributed by atoms with Gasteiger partial charge < -0.3 is 9.64 Å². The first-order valence-electron chi connectivity index (χ1n) is 10.9. The van der Waals surface area contributed by atoms with Gasteiger partial charge in [0.15, 0.2) is 5.69 Å². The Balaban J connectivity index is 1.45. The number of hydrogen-bond acceptors (Lipinski definition) is 4. The molecule has 2 heterocycles. The van der Waals surface area contributed by atoms with E-state index in [0.717, 1.165) is 30.1 Å². The zero-order chi connectivity index (χ0) is 21.8. The van der Waals surface area contributed by atoms with Crippen LogP contribution in [0.2, 0.25) is 0 Å². The van der Waals surface area contributed by atoms with Crippen molar-refractivity contribution < 1.29 is 9.53 Å². The standard InChI is InChI=1S/C25H30N4O2/c1-4-29-24(21-10-12-22(31-3)13-11-21)18-23(26-29)25(30)28-16-14-27(15-17-28)19(2)20-8-6-5-7-9-20/h5-13,18-19H,4,14-17H2,1-3H3. The van der Waals surface area contributed by atoms with Crippen LogP contribution in [-0.4, -0.2) is 58.8 Å². The summed E-state index contributed by atoms with van der Waals surface area (Å²) in [5.74, 6) is 0.819. The van der Waals surface area contributed by atoms with Crippen molar-refractivity contribution in [1.29, 1.82) is 0 Å². The molecule has 1 aliphatic rings. The van der Waals surface area contributed by atoms with Crippen LogP contribution in [0.3, 0.4) is 0 Å². The minimum atomic E-state index is 0.00831. The molecule has 2 aromatic carbocycles. The van der Waals surface area contributed by atoms with Crippen LogP contribution in [0.1, 0.15) is 35.9 Å². The zero-order valence-electron chi connectivity index (χ0n) is 18.5. The van der Waals surface area contributed by atoms with Crippen molar-refractivity contribution in [2.24, 2.45) is 0 Å². The number of methoxy groups -OCH3 is 1. The molecule has 0 radical (unpaired) electrons. The van der Waals surface area contributed by atoms with Gasteiger partial charge in [-0.1, -0.05) is 30.3 Å². The van der Waals surface area contributed by atoms with Crippen LogP contribution >= 0.6 is 0 Å². The quantitative estimate of drug-likeness (QED) is 0.605. The van der Waals surface area contributed by atoms with Crippen molar-refractivity contribution in [1.82, 2.24) is 19.6 Å². The van der Waals surface area contributed by atoms with E-state index in [1.54, 1.807) is 7.11 Å². The highest BCUT2D eigenvalue weighted by atomic mass is 16.5. The molecule has 1 aromatic heterocycles. The van der Waals surface area contributed by atoms with Gasteiger partial charge in [-0.05, 0) is 49.7 Å². The van der Waals surface area contributed by atoms with Crippen molar-refractivity contribution in [3.05, 3.63) is 71.9 Å². The first kappa shape index (κ1) is 21.1. The van der Waals surface area contributed by atoms with Crippen LogP contribution in [0.15, 0.2) is 60.7 Å². The lowest BCUT2D eigenvalue weighted by atomic mass is 10.1. The van der Waals surface area contributed by atoms with Crippen LogP contribution < -0.4 is 4.74 Å². The van der Waals surface area contributed by atoms with Crippen LogP contribution in [0.25, 0.3) is 11.3 Å².